The van der Waals surface area contributed by atoms with Crippen molar-refractivity contribution in [3.05, 3.63) is 23.3 Å². The number of benzene rings is 1. The first kappa shape index (κ1) is 10.0. The zero-order chi connectivity index (χ0) is 10.7. The predicted molar refractivity (Wildman–Crippen MR) is 48.6 cm³/mol. The smallest absolute Gasteiger partial charge is 0.252 e. The van der Waals surface area contributed by atoms with Crippen molar-refractivity contribution in [3.8, 4) is 11.5 Å². The van der Waals surface area contributed by atoms with E-state index in [0.717, 1.165) is 0 Å². The average molecular weight is 195 g/mol. The third-order valence-corrected chi connectivity index (χ3v) is 1.72. The van der Waals surface area contributed by atoms with Gasteiger partial charge in [-0.2, -0.15) is 0 Å². The Labute approximate surface area is 80.1 Å². The van der Waals surface area contributed by atoms with E-state index in [4.69, 9.17) is 10.5 Å². The topological polar surface area (TPSA) is 89.6 Å². The molecule has 0 radical (unpaired) electrons. The number of aldehydes is 1. The van der Waals surface area contributed by atoms with Crippen molar-refractivity contribution < 1.29 is 19.4 Å². The number of hydrogen-bond acceptors (Lipinski definition) is 4. The van der Waals surface area contributed by atoms with E-state index in [2.05, 4.69) is 0 Å². The number of carbonyl (C=O) groups excluding carboxylic acids is 2. The molecule has 0 spiro atoms. The molecule has 1 amide bonds. The van der Waals surface area contributed by atoms with Gasteiger partial charge in [-0.05, 0) is 12.1 Å². The Balaban J connectivity index is 3.41. The molecule has 1 aromatic carbocycles. The second kappa shape index (κ2) is 3.78. The van der Waals surface area contributed by atoms with Gasteiger partial charge in [0.25, 0.3) is 5.91 Å². The van der Waals surface area contributed by atoms with Gasteiger partial charge in [-0.25, -0.2) is 0 Å². The van der Waals surface area contributed by atoms with E-state index in [1.165, 1.54) is 19.2 Å². The van der Waals surface area contributed by atoms with Gasteiger partial charge in [-0.3, -0.25) is 9.59 Å². The lowest BCUT2D eigenvalue weighted by Gasteiger charge is -2.07. The van der Waals surface area contributed by atoms with Crippen LogP contribution in [0.3, 0.4) is 0 Å². The summed E-state index contributed by atoms with van der Waals surface area (Å²) in [5.41, 5.74) is 5.07. The standard InChI is InChI=1S/C9H9NO4/c1-14-7-3-5(4-11)2-6(8(7)12)9(10)13/h2-4,12H,1H3,(H2,10,13). The zero-order valence-electron chi connectivity index (χ0n) is 7.48. The van der Waals surface area contributed by atoms with Crippen molar-refractivity contribution in [2.45, 2.75) is 0 Å². The number of aromatic hydroxyl groups is 1. The second-order valence-corrected chi connectivity index (χ2v) is 2.60. The van der Waals surface area contributed by atoms with E-state index in [9.17, 15) is 14.7 Å². The van der Waals surface area contributed by atoms with Crippen molar-refractivity contribution in [1.82, 2.24) is 0 Å². The fourth-order valence-electron chi connectivity index (χ4n) is 1.04. The van der Waals surface area contributed by atoms with Gasteiger partial charge >= 0.3 is 0 Å². The van der Waals surface area contributed by atoms with Crippen molar-refractivity contribution in [2.24, 2.45) is 5.73 Å². The van der Waals surface area contributed by atoms with E-state index < -0.39 is 5.91 Å². The summed E-state index contributed by atoms with van der Waals surface area (Å²) in [6, 6.07) is 2.52. The molecular weight excluding hydrogens is 186 g/mol. The van der Waals surface area contributed by atoms with Crippen LogP contribution in [0.5, 0.6) is 11.5 Å². The lowest BCUT2D eigenvalue weighted by molar-refractivity contribution is 0.0997. The van der Waals surface area contributed by atoms with Gasteiger partial charge in [-0.1, -0.05) is 0 Å². The second-order valence-electron chi connectivity index (χ2n) is 2.60. The third-order valence-electron chi connectivity index (χ3n) is 1.72. The van der Waals surface area contributed by atoms with Gasteiger partial charge < -0.3 is 15.6 Å². The summed E-state index contributed by atoms with van der Waals surface area (Å²) in [6.45, 7) is 0. The van der Waals surface area contributed by atoms with Crippen LogP contribution < -0.4 is 10.5 Å². The molecule has 0 saturated heterocycles. The Morgan fingerprint density at radius 3 is 2.64 bits per heavy atom. The maximum Gasteiger partial charge on any atom is 0.252 e. The maximum absolute atomic E-state index is 10.8. The molecular formula is C9H9NO4. The minimum atomic E-state index is -0.815. The van der Waals surface area contributed by atoms with Crippen LogP contribution in [0, 0.1) is 0 Å². The normalized spacial score (nSPS) is 9.50. The van der Waals surface area contributed by atoms with E-state index in [0.29, 0.717) is 6.29 Å². The highest BCUT2D eigenvalue weighted by Crippen LogP contribution is 2.30. The summed E-state index contributed by atoms with van der Waals surface area (Å²) in [5.74, 6) is -1.13. The van der Waals surface area contributed by atoms with Crippen molar-refractivity contribution in [3.63, 3.8) is 0 Å². The van der Waals surface area contributed by atoms with Gasteiger partial charge in [0.1, 0.15) is 6.29 Å². The van der Waals surface area contributed by atoms with Crippen LogP contribution in [-0.2, 0) is 0 Å². The van der Waals surface area contributed by atoms with Gasteiger partial charge in [0.15, 0.2) is 11.5 Å². The molecule has 1 rings (SSSR count). The van der Waals surface area contributed by atoms with Crippen LogP contribution in [-0.4, -0.2) is 24.4 Å². The summed E-state index contributed by atoms with van der Waals surface area (Å²) in [6.07, 6.45) is 0.536. The number of nitrogens with two attached hydrogens (primary N) is 1. The average Bonchev–Trinajstić information content (AvgIpc) is 2.17. The highest BCUT2D eigenvalue weighted by Gasteiger charge is 2.14. The number of carbonyl (C=O) groups is 2. The van der Waals surface area contributed by atoms with Crippen LogP contribution >= 0.6 is 0 Å². The monoisotopic (exact) mass is 195 g/mol. The molecule has 0 saturated carbocycles. The van der Waals surface area contributed by atoms with Crippen LogP contribution in [0.4, 0.5) is 0 Å². The Kier molecular flexibility index (Phi) is 2.71. The molecule has 0 aliphatic rings. The molecule has 1 aromatic rings. The number of rotatable bonds is 3. The molecule has 5 nitrogen and oxygen atoms in total. The Morgan fingerprint density at radius 1 is 1.57 bits per heavy atom. The van der Waals surface area contributed by atoms with Crippen LogP contribution in [0.15, 0.2) is 12.1 Å². The van der Waals surface area contributed by atoms with Crippen molar-refractivity contribution in [1.29, 1.82) is 0 Å². The molecule has 5 heteroatoms. The fraction of sp³-hybridized carbons (Fsp3) is 0.111. The molecule has 0 fully saturated rings. The number of hydrogen-bond donors (Lipinski definition) is 2. The SMILES string of the molecule is COc1cc(C=O)cc(C(N)=O)c1O. The summed E-state index contributed by atoms with van der Waals surface area (Å²) in [4.78, 5) is 21.3. The first-order chi connectivity index (χ1) is 6.60. The van der Waals surface area contributed by atoms with Crippen LogP contribution in [0.1, 0.15) is 20.7 Å². The highest BCUT2D eigenvalue weighted by molar-refractivity contribution is 5.98. The summed E-state index contributed by atoms with van der Waals surface area (Å²) in [7, 11) is 1.31. The minimum absolute atomic E-state index is 0.0448. The Morgan fingerprint density at radius 2 is 2.21 bits per heavy atom. The van der Waals surface area contributed by atoms with Gasteiger partial charge in [0, 0.05) is 5.56 Å². The first-order valence-electron chi connectivity index (χ1n) is 3.76. The molecule has 3 N–H and O–H groups in total. The molecule has 74 valence electrons. The number of primary amides is 1. The molecule has 0 aromatic heterocycles. The number of ether oxygens (including phenoxy) is 1. The van der Waals surface area contributed by atoms with Crippen LogP contribution in [0.2, 0.25) is 0 Å². The Bertz CT molecular complexity index is 387. The molecule has 0 atom stereocenters. The van der Waals surface area contributed by atoms with Crippen molar-refractivity contribution >= 4 is 12.2 Å². The molecule has 0 aliphatic carbocycles. The fourth-order valence-corrected chi connectivity index (χ4v) is 1.04. The molecule has 14 heavy (non-hydrogen) atoms. The minimum Gasteiger partial charge on any atom is -0.504 e. The lowest BCUT2D eigenvalue weighted by Crippen LogP contribution is -2.12. The molecule has 0 heterocycles. The molecule has 0 aliphatic heterocycles. The largest absolute Gasteiger partial charge is 0.504 e. The summed E-state index contributed by atoms with van der Waals surface area (Å²) >= 11 is 0. The third kappa shape index (κ3) is 1.66. The summed E-state index contributed by atoms with van der Waals surface area (Å²) in [5, 5.41) is 9.44. The lowest BCUT2D eigenvalue weighted by atomic mass is 10.1. The zero-order valence-corrected chi connectivity index (χ0v) is 7.48. The first-order valence-corrected chi connectivity index (χ1v) is 3.76. The Hall–Kier alpha value is -2.04. The van der Waals surface area contributed by atoms with E-state index in [1.807, 2.05) is 0 Å². The summed E-state index contributed by atoms with van der Waals surface area (Å²) < 4.78 is 4.76. The quantitative estimate of drug-likeness (QED) is 0.679. The highest BCUT2D eigenvalue weighted by atomic mass is 16.5. The van der Waals surface area contributed by atoms with Gasteiger partial charge in [0.05, 0.1) is 12.7 Å². The van der Waals surface area contributed by atoms with Gasteiger partial charge in [0.2, 0.25) is 0 Å². The van der Waals surface area contributed by atoms with Crippen LogP contribution in [0.25, 0.3) is 0 Å². The number of phenols is 1. The molecule has 0 unspecified atom stereocenters. The van der Waals surface area contributed by atoms with Gasteiger partial charge in [-0.15, -0.1) is 0 Å². The number of methoxy groups -OCH3 is 1. The van der Waals surface area contributed by atoms with E-state index in [-0.39, 0.29) is 22.6 Å². The van der Waals surface area contributed by atoms with Crippen molar-refractivity contribution in [2.75, 3.05) is 7.11 Å². The van der Waals surface area contributed by atoms with E-state index >= 15 is 0 Å². The predicted octanol–water partition coefficient (Wildman–Crippen LogP) is 0.312. The molecule has 0 bridgehead atoms. The van der Waals surface area contributed by atoms with E-state index in [1.54, 1.807) is 0 Å². The maximum atomic E-state index is 10.8. The number of amides is 1.